The standard InChI is InChI=1S/C9H19N/c1-9(2,3)6-8-4-5-10-7-8/h8,10H,4-7H2,1-3H3/t8-/m0/s1. The van der Waals surface area contributed by atoms with Crippen molar-refractivity contribution in [2.45, 2.75) is 33.6 Å². The molecule has 1 aliphatic rings. The minimum absolute atomic E-state index is 0.524. The van der Waals surface area contributed by atoms with Crippen molar-refractivity contribution in [2.24, 2.45) is 11.3 Å². The highest BCUT2D eigenvalue weighted by Crippen LogP contribution is 2.27. The van der Waals surface area contributed by atoms with Crippen LogP contribution in [-0.4, -0.2) is 13.1 Å². The van der Waals surface area contributed by atoms with Gasteiger partial charge in [-0.15, -0.1) is 0 Å². The van der Waals surface area contributed by atoms with Crippen LogP contribution in [0.4, 0.5) is 0 Å². The molecular weight excluding hydrogens is 122 g/mol. The average molecular weight is 141 g/mol. The molecule has 1 rings (SSSR count). The molecule has 0 aromatic heterocycles. The third-order valence-electron chi connectivity index (χ3n) is 2.06. The fourth-order valence-electron chi connectivity index (χ4n) is 1.75. The van der Waals surface area contributed by atoms with E-state index in [4.69, 9.17) is 0 Å². The quantitative estimate of drug-likeness (QED) is 0.589. The maximum atomic E-state index is 3.39. The molecule has 10 heavy (non-hydrogen) atoms. The van der Waals surface area contributed by atoms with E-state index in [1.807, 2.05) is 0 Å². The fourth-order valence-corrected chi connectivity index (χ4v) is 1.75. The van der Waals surface area contributed by atoms with Gasteiger partial charge in [0.25, 0.3) is 0 Å². The van der Waals surface area contributed by atoms with E-state index in [-0.39, 0.29) is 0 Å². The van der Waals surface area contributed by atoms with E-state index in [1.165, 1.54) is 25.9 Å². The van der Waals surface area contributed by atoms with Gasteiger partial charge in [-0.05, 0) is 37.3 Å². The van der Waals surface area contributed by atoms with Gasteiger partial charge in [-0.2, -0.15) is 0 Å². The third kappa shape index (κ3) is 2.70. The molecule has 0 aromatic carbocycles. The van der Waals surface area contributed by atoms with Crippen LogP contribution in [0.25, 0.3) is 0 Å². The van der Waals surface area contributed by atoms with Crippen LogP contribution in [0.5, 0.6) is 0 Å². The molecular formula is C9H19N. The minimum Gasteiger partial charge on any atom is -0.316 e. The first-order chi connectivity index (χ1) is 4.58. The summed E-state index contributed by atoms with van der Waals surface area (Å²) in [6.45, 7) is 9.46. The van der Waals surface area contributed by atoms with Crippen molar-refractivity contribution in [1.29, 1.82) is 0 Å². The van der Waals surface area contributed by atoms with Crippen molar-refractivity contribution < 1.29 is 0 Å². The molecule has 0 aromatic rings. The number of rotatable bonds is 1. The van der Waals surface area contributed by atoms with Crippen LogP contribution >= 0.6 is 0 Å². The molecule has 1 N–H and O–H groups in total. The fraction of sp³-hybridized carbons (Fsp3) is 1.00. The largest absolute Gasteiger partial charge is 0.316 e. The molecule has 1 heteroatoms. The Labute approximate surface area is 64.2 Å². The van der Waals surface area contributed by atoms with E-state index < -0.39 is 0 Å². The number of hydrogen-bond acceptors (Lipinski definition) is 1. The van der Waals surface area contributed by atoms with Crippen LogP contribution in [0.15, 0.2) is 0 Å². The van der Waals surface area contributed by atoms with E-state index in [0.29, 0.717) is 5.41 Å². The summed E-state index contributed by atoms with van der Waals surface area (Å²) < 4.78 is 0. The molecule has 1 aliphatic heterocycles. The van der Waals surface area contributed by atoms with Gasteiger partial charge < -0.3 is 5.32 Å². The summed E-state index contributed by atoms with van der Waals surface area (Å²) in [6.07, 6.45) is 2.76. The Morgan fingerprint density at radius 3 is 2.50 bits per heavy atom. The molecule has 0 aliphatic carbocycles. The highest BCUT2D eigenvalue weighted by molar-refractivity contribution is 4.76. The molecule has 1 fully saturated rings. The lowest BCUT2D eigenvalue weighted by atomic mass is 9.84. The molecule has 0 saturated carbocycles. The summed E-state index contributed by atoms with van der Waals surface area (Å²) in [5.74, 6) is 0.944. The molecule has 1 nitrogen and oxygen atoms in total. The Bertz CT molecular complexity index is 95.8. The first-order valence-corrected chi connectivity index (χ1v) is 4.29. The molecule has 1 heterocycles. The van der Waals surface area contributed by atoms with Gasteiger partial charge in [-0.1, -0.05) is 20.8 Å². The van der Waals surface area contributed by atoms with Crippen LogP contribution in [0, 0.1) is 11.3 Å². The number of hydrogen-bond donors (Lipinski definition) is 1. The molecule has 0 radical (unpaired) electrons. The average Bonchev–Trinajstić information content (AvgIpc) is 2.12. The molecule has 60 valence electrons. The van der Waals surface area contributed by atoms with Gasteiger partial charge in [0.15, 0.2) is 0 Å². The molecule has 1 saturated heterocycles. The van der Waals surface area contributed by atoms with E-state index in [0.717, 1.165) is 5.92 Å². The van der Waals surface area contributed by atoms with Gasteiger partial charge in [0.1, 0.15) is 0 Å². The van der Waals surface area contributed by atoms with Gasteiger partial charge in [-0.25, -0.2) is 0 Å². The van der Waals surface area contributed by atoms with Crippen LogP contribution in [0.3, 0.4) is 0 Å². The zero-order chi connectivity index (χ0) is 7.61. The van der Waals surface area contributed by atoms with Gasteiger partial charge in [0, 0.05) is 0 Å². The highest BCUT2D eigenvalue weighted by Gasteiger charge is 2.21. The van der Waals surface area contributed by atoms with Gasteiger partial charge in [0.05, 0.1) is 0 Å². The maximum Gasteiger partial charge on any atom is -0.00198 e. The first kappa shape index (κ1) is 8.06. The monoisotopic (exact) mass is 141 g/mol. The van der Waals surface area contributed by atoms with Crippen LogP contribution in [-0.2, 0) is 0 Å². The molecule has 1 atom stereocenters. The molecule has 0 amide bonds. The molecule has 0 unspecified atom stereocenters. The van der Waals surface area contributed by atoms with Crippen molar-refractivity contribution in [1.82, 2.24) is 5.32 Å². The summed E-state index contributed by atoms with van der Waals surface area (Å²) in [7, 11) is 0. The normalized spacial score (nSPS) is 27.3. The Hall–Kier alpha value is -0.0400. The Morgan fingerprint density at radius 2 is 2.10 bits per heavy atom. The highest BCUT2D eigenvalue weighted by atomic mass is 14.9. The van der Waals surface area contributed by atoms with E-state index in [2.05, 4.69) is 26.1 Å². The van der Waals surface area contributed by atoms with Crippen LogP contribution in [0.1, 0.15) is 33.6 Å². The second kappa shape index (κ2) is 2.91. The Morgan fingerprint density at radius 1 is 1.40 bits per heavy atom. The summed E-state index contributed by atoms with van der Waals surface area (Å²) >= 11 is 0. The third-order valence-corrected chi connectivity index (χ3v) is 2.06. The smallest absolute Gasteiger partial charge is 0.00198 e. The van der Waals surface area contributed by atoms with Crippen molar-refractivity contribution in [3.63, 3.8) is 0 Å². The second-order valence-corrected chi connectivity index (χ2v) is 4.62. The Balaban J connectivity index is 2.24. The SMILES string of the molecule is CC(C)(C)C[C@@H]1CCNC1. The van der Waals surface area contributed by atoms with Crippen molar-refractivity contribution >= 4 is 0 Å². The van der Waals surface area contributed by atoms with Gasteiger partial charge >= 0.3 is 0 Å². The topological polar surface area (TPSA) is 12.0 Å². The van der Waals surface area contributed by atoms with E-state index >= 15 is 0 Å². The Kier molecular flexibility index (Phi) is 2.35. The summed E-state index contributed by atoms with van der Waals surface area (Å²) in [4.78, 5) is 0. The second-order valence-electron chi connectivity index (χ2n) is 4.62. The van der Waals surface area contributed by atoms with Gasteiger partial charge in [0.2, 0.25) is 0 Å². The van der Waals surface area contributed by atoms with E-state index in [9.17, 15) is 0 Å². The lowest BCUT2D eigenvalue weighted by molar-refractivity contribution is 0.306. The van der Waals surface area contributed by atoms with Gasteiger partial charge in [-0.3, -0.25) is 0 Å². The predicted octanol–water partition coefficient (Wildman–Crippen LogP) is 2.03. The predicted molar refractivity (Wildman–Crippen MR) is 45.0 cm³/mol. The van der Waals surface area contributed by atoms with E-state index in [1.54, 1.807) is 0 Å². The minimum atomic E-state index is 0.524. The zero-order valence-electron chi connectivity index (χ0n) is 7.41. The molecule has 0 bridgehead atoms. The van der Waals surface area contributed by atoms with Crippen molar-refractivity contribution in [2.75, 3.05) is 13.1 Å². The zero-order valence-corrected chi connectivity index (χ0v) is 7.41. The maximum absolute atomic E-state index is 3.39. The number of nitrogens with one attached hydrogen (secondary N) is 1. The van der Waals surface area contributed by atoms with Crippen molar-refractivity contribution in [3.8, 4) is 0 Å². The summed E-state index contributed by atoms with van der Waals surface area (Å²) in [5, 5.41) is 3.39. The summed E-state index contributed by atoms with van der Waals surface area (Å²) in [6, 6.07) is 0. The lowest BCUT2D eigenvalue weighted by Gasteiger charge is -2.21. The summed E-state index contributed by atoms with van der Waals surface area (Å²) in [5.41, 5.74) is 0.524. The van der Waals surface area contributed by atoms with Crippen LogP contribution in [0.2, 0.25) is 0 Å². The van der Waals surface area contributed by atoms with Crippen LogP contribution < -0.4 is 5.32 Å². The molecule has 0 spiro atoms. The van der Waals surface area contributed by atoms with Crippen molar-refractivity contribution in [3.05, 3.63) is 0 Å². The first-order valence-electron chi connectivity index (χ1n) is 4.29. The lowest BCUT2D eigenvalue weighted by Crippen LogP contribution is -2.15.